The monoisotopic (exact) mass is 406 g/mol. The Morgan fingerprint density at radius 1 is 1.19 bits per heavy atom. The van der Waals surface area contributed by atoms with E-state index in [0.29, 0.717) is 11.7 Å². The van der Waals surface area contributed by atoms with Gasteiger partial charge < -0.3 is 9.26 Å². The van der Waals surface area contributed by atoms with Crippen LogP contribution in [0.2, 0.25) is 0 Å². The molecule has 0 N–H and O–H groups in total. The van der Waals surface area contributed by atoms with Gasteiger partial charge in [0.2, 0.25) is 11.7 Å². The summed E-state index contributed by atoms with van der Waals surface area (Å²) in [7, 11) is -3.36. The first kappa shape index (κ1) is 19.2. The topological polar surface area (TPSA) is 99.4 Å². The van der Waals surface area contributed by atoms with Gasteiger partial charge in [-0.1, -0.05) is 23.4 Å². The minimum atomic E-state index is -3.36. The largest absolute Gasteiger partial charge is 0.466 e. The maximum Gasteiger partial charge on any atom is 0.306 e. The molecule has 0 saturated heterocycles. The molecule has 0 atom stereocenters. The molecule has 0 saturated carbocycles. The van der Waals surface area contributed by atoms with Gasteiger partial charge in [-0.15, -0.1) is 0 Å². The average Bonchev–Trinajstić information content (AvgIpc) is 3.36. The van der Waals surface area contributed by atoms with Gasteiger partial charge in [-0.05, 0) is 30.0 Å². The summed E-state index contributed by atoms with van der Waals surface area (Å²) in [5.41, 5.74) is 0.872. The number of carbonyl (C=O) groups is 1. The molecule has 3 rings (SSSR count). The Morgan fingerprint density at radius 2 is 2.00 bits per heavy atom. The van der Waals surface area contributed by atoms with E-state index in [0.717, 1.165) is 5.56 Å². The molecule has 142 valence electrons. The zero-order valence-corrected chi connectivity index (χ0v) is 16.0. The molecule has 0 unspecified atom stereocenters. The van der Waals surface area contributed by atoms with Crippen molar-refractivity contribution in [2.24, 2.45) is 0 Å². The fourth-order valence-electron chi connectivity index (χ4n) is 2.33. The highest BCUT2D eigenvalue weighted by Crippen LogP contribution is 2.19. The number of nitrogens with zero attached hydrogens (tertiary/aromatic N) is 2. The lowest BCUT2D eigenvalue weighted by Crippen LogP contribution is -2.12. The molecule has 0 aliphatic heterocycles. The summed E-state index contributed by atoms with van der Waals surface area (Å²) in [5.74, 6) is 0.353. The van der Waals surface area contributed by atoms with Gasteiger partial charge in [0.05, 0.1) is 23.7 Å². The number of thiophene rings is 1. The Morgan fingerprint density at radius 3 is 2.74 bits per heavy atom. The van der Waals surface area contributed by atoms with Crippen LogP contribution in [0.4, 0.5) is 0 Å². The van der Waals surface area contributed by atoms with E-state index in [1.807, 2.05) is 16.8 Å². The van der Waals surface area contributed by atoms with Gasteiger partial charge in [0, 0.05) is 17.4 Å². The Labute approximate surface area is 160 Å². The molecule has 0 fully saturated rings. The van der Waals surface area contributed by atoms with Crippen LogP contribution in [0.1, 0.15) is 18.7 Å². The number of aryl methyl sites for hydroxylation is 1. The van der Waals surface area contributed by atoms with Crippen LogP contribution >= 0.6 is 11.3 Å². The van der Waals surface area contributed by atoms with Crippen LogP contribution in [0, 0.1) is 0 Å². The summed E-state index contributed by atoms with van der Waals surface area (Å²) < 4.78 is 34.4. The highest BCUT2D eigenvalue weighted by molar-refractivity contribution is 7.91. The van der Waals surface area contributed by atoms with Crippen molar-refractivity contribution in [3.8, 4) is 11.4 Å². The van der Waals surface area contributed by atoms with Gasteiger partial charge >= 0.3 is 5.97 Å². The first-order chi connectivity index (χ1) is 13.0. The van der Waals surface area contributed by atoms with Gasteiger partial charge in [0.1, 0.15) is 0 Å². The number of esters is 1. The highest BCUT2D eigenvalue weighted by Gasteiger charge is 2.15. The van der Waals surface area contributed by atoms with Crippen LogP contribution in [-0.2, 0) is 25.8 Å². The molecule has 7 nitrogen and oxygen atoms in total. The third-order valence-corrected chi connectivity index (χ3v) is 6.21. The van der Waals surface area contributed by atoms with Gasteiger partial charge in [-0.25, -0.2) is 8.42 Å². The normalized spacial score (nSPS) is 11.4. The van der Waals surface area contributed by atoms with Crippen LogP contribution in [0.3, 0.4) is 0 Å². The van der Waals surface area contributed by atoms with E-state index in [1.54, 1.807) is 30.3 Å². The summed E-state index contributed by atoms with van der Waals surface area (Å²) >= 11 is 1.53. The lowest BCUT2D eigenvalue weighted by atomic mass is 10.3. The molecule has 3 aromatic rings. The van der Waals surface area contributed by atoms with Crippen LogP contribution < -0.4 is 0 Å². The minimum Gasteiger partial charge on any atom is -0.466 e. The molecular formula is C18H18N2O5S2. The third kappa shape index (κ3) is 5.48. The second-order valence-electron chi connectivity index (χ2n) is 5.73. The van der Waals surface area contributed by atoms with E-state index in [2.05, 4.69) is 10.1 Å². The van der Waals surface area contributed by atoms with Crippen LogP contribution in [0.5, 0.6) is 0 Å². The van der Waals surface area contributed by atoms with Crippen molar-refractivity contribution in [3.05, 3.63) is 53.0 Å². The van der Waals surface area contributed by atoms with E-state index in [1.165, 1.54) is 11.3 Å². The summed E-state index contributed by atoms with van der Waals surface area (Å²) in [4.78, 5) is 16.3. The zero-order valence-electron chi connectivity index (χ0n) is 14.4. The molecule has 0 aliphatic rings. The zero-order chi connectivity index (χ0) is 19.1. The van der Waals surface area contributed by atoms with Crippen molar-refractivity contribution in [1.29, 1.82) is 0 Å². The van der Waals surface area contributed by atoms with Crippen molar-refractivity contribution >= 4 is 27.1 Å². The summed E-state index contributed by atoms with van der Waals surface area (Å²) in [6.45, 7) is 0.0505. The molecule has 0 aliphatic carbocycles. The average molecular weight is 406 g/mol. The molecule has 0 spiro atoms. The number of aromatic nitrogens is 2. The second-order valence-corrected chi connectivity index (χ2v) is 8.62. The van der Waals surface area contributed by atoms with E-state index in [4.69, 9.17) is 9.26 Å². The molecule has 0 bridgehead atoms. The van der Waals surface area contributed by atoms with Crippen molar-refractivity contribution in [1.82, 2.24) is 10.1 Å². The summed E-state index contributed by atoms with van der Waals surface area (Å²) in [5, 5.41) is 7.70. The predicted octanol–water partition coefficient (Wildman–Crippen LogP) is 3.14. The first-order valence-electron chi connectivity index (χ1n) is 8.33. The van der Waals surface area contributed by atoms with E-state index in [9.17, 15) is 13.2 Å². The van der Waals surface area contributed by atoms with Crippen molar-refractivity contribution in [3.63, 3.8) is 0 Å². The lowest BCUT2D eigenvalue weighted by molar-refractivity contribution is -0.143. The quantitative estimate of drug-likeness (QED) is 0.397. The molecule has 9 heteroatoms. The van der Waals surface area contributed by atoms with Crippen molar-refractivity contribution < 1.29 is 22.5 Å². The van der Waals surface area contributed by atoms with Crippen LogP contribution in [0.15, 0.2) is 56.6 Å². The van der Waals surface area contributed by atoms with Crippen LogP contribution in [0.25, 0.3) is 11.4 Å². The number of benzene rings is 1. The highest BCUT2D eigenvalue weighted by atomic mass is 32.2. The molecule has 0 radical (unpaired) electrons. The lowest BCUT2D eigenvalue weighted by Gasteiger charge is -2.05. The van der Waals surface area contributed by atoms with Crippen molar-refractivity contribution in [2.75, 3.05) is 12.4 Å². The Balaban J connectivity index is 1.38. The number of rotatable bonds is 9. The maximum atomic E-state index is 12.1. The van der Waals surface area contributed by atoms with E-state index in [-0.39, 0.29) is 36.5 Å². The van der Waals surface area contributed by atoms with Gasteiger partial charge in [-0.3, -0.25) is 4.79 Å². The van der Waals surface area contributed by atoms with E-state index >= 15 is 0 Å². The molecular weight excluding hydrogens is 388 g/mol. The maximum absolute atomic E-state index is 12.1. The predicted molar refractivity (Wildman–Crippen MR) is 100 cm³/mol. The standard InChI is InChI=1S/C18H18N2O5S2/c21-17(8-7-16-19-18(20-25-16)14-9-11-26-13-14)24-10-4-12-27(22,23)15-5-2-1-3-6-15/h1-3,5-6,9,11,13H,4,7-8,10,12H2. The molecule has 2 aromatic heterocycles. The Kier molecular flexibility index (Phi) is 6.36. The number of sulfone groups is 1. The molecule has 27 heavy (non-hydrogen) atoms. The third-order valence-electron chi connectivity index (χ3n) is 3.71. The number of hydrogen-bond donors (Lipinski definition) is 0. The molecule has 0 amide bonds. The first-order valence-corrected chi connectivity index (χ1v) is 10.9. The number of hydrogen-bond acceptors (Lipinski definition) is 8. The second kappa shape index (κ2) is 8.92. The SMILES string of the molecule is O=C(CCc1nc(-c2ccsc2)no1)OCCCS(=O)(=O)c1ccccc1. The fraction of sp³-hybridized carbons (Fsp3) is 0.278. The number of carbonyl (C=O) groups excluding carboxylic acids is 1. The number of ether oxygens (including phenoxy) is 1. The molecule has 2 heterocycles. The van der Waals surface area contributed by atoms with E-state index < -0.39 is 15.8 Å². The minimum absolute atomic E-state index is 0.0505. The smallest absolute Gasteiger partial charge is 0.306 e. The van der Waals surface area contributed by atoms with Gasteiger partial charge in [-0.2, -0.15) is 16.3 Å². The summed E-state index contributed by atoms with van der Waals surface area (Å²) in [6, 6.07) is 10.1. The Bertz CT molecular complexity index is 966. The Hall–Kier alpha value is -2.52. The fourth-order valence-corrected chi connectivity index (χ4v) is 4.27. The molecule has 1 aromatic carbocycles. The van der Waals surface area contributed by atoms with Crippen molar-refractivity contribution in [2.45, 2.75) is 24.2 Å². The van der Waals surface area contributed by atoms with Crippen LogP contribution in [-0.4, -0.2) is 36.9 Å². The van der Waals surface area contributed by atoms with Gasteiger partial charge in [0.15, 0.2) is 9.84 Å². The van der Waals surface area contributed by atoms with Gasteiger partial charge in [0.25, 0.3) is 0 Å². The summed E-state index contributed by atoms with van der Waals surface area (Å²) in [6.07, 6.45) is 0.612.